The van der Waals surface area contributed by atoms with Gasteiger partial charge in [-0.3, -0.25) is 0 Å². The Morgan fingerprint density at radius 2 is 2.07 bits per heavy atom. The van der Waals surface area contributed by atoms with Crippen molar-refractivity contribution in [3.05, 3.63) is 11.7 Å². The van der Waals surface area contributed by atoms with Gasteiger partial charge in [0.25, 0.3) is 0 Å². The Balaban J connectivity index is 1.86. The number of nitrogens with zero attached hydrogens (tertiary/aromatic N) is 2. The molecule has 15 heavy (non-hydrogen) atoms. The third kappa shape index (κ3) is 3.02. The molecule has 0 atom stereocenters. The van der Waals surface area contributed by atoms with Crippen LogP contribution < -0.4 is 5.73 Å². The largest absolute Gasteiger partial charge is 0.339 e. The van der Waals surface area contributed by atoms with E-state index in [4.69, 9.17) is 10.3 Å². The van der Waals surface area contributed by atoms with Crippen LogP contribution in [0.1, 0.15) is 43.8 Å². The van der Waals surface area contributed by atoms with Gasteiger partial charge in [0.2, 0.25) is 5.89 Å². The fourth-order valence-electron chi connectivity index (χ4n) is 2.24. The Kier molecular flexibility index (Phi) is 3.72. The van der Waals surface area contributed by atoms with Crippen molar-refractivity contribution in [3.8, 4) is 0 Å². The van der Waals surface area contributed by atoms with E-state index in [0.29, 0.717) is 13.0 Å². The zero-order valence-corrected chi connectivity index (χ0v) is 9.11. The first-order valence-corrected chi connectivity index (χ1v) is 5.90. The molecule has 1 saturated carbocycles. The average Bonchev–Trinajstić information content (AvgIpc) is 2.68. The first-order chi connectivity index (χ1) is 7.38. The molecule has 4 nitrogen and oxygen atoms in total. The lowest BCUT2D eigenvalue weighted by molar-refractivity contribution is 0.303. The molecule has 0 amide bonds. The first-order valence-electron chi connectivity index (χ1n) is 5.90. The molecule has 1 aliphatic carbocycles. The summed E-state index contributed by atoms with van der Waals surface area (Å²) < 4.78 is 5.20. The molecule has 1 aromatic rings. The lowest BCUT2D eigenvalue weighted by Crippen LogP contribution is -2.09. The third-order valence-corrected chi connectivity index (χ3v) is 3.07. The normalized spacial score (nSPS) is 18.2. The van der Waals surface area contributed by atoms with E-state index < -0.39 is 0 Å². The van der Waals surface area contributed by atoms with Crippen molar-refractivity contribution in [2.45, 2.75) is 44.9 Å². The van der Waals surface area contributed by atoms with Gasteiger partial charge in [0.15, 0.2) is 5.82 Å². The van der Waals surface area contributed by atoms with Crippen molar-refractivity contribution < 1.29 is 4.52 Å². The molecule has 0 saturated heterocycles. The van der Waals surface area contributed by atoms with Gasteiger partial charge in [0.1, 0.15) is 0 Å². The molecule has 0 aliphatic heterocycles. The Labute approximate surface area is 90.2 Å². The minimum absolute atomic E-state index is 0.586. The number of rotatable bonds is 4. The van der Waals surface area contributed by atoms with Crippen LogP contribution in [0.4, 0.5) is 0 Å². The molecule has 1 fully saturated rings. The van der Waals surface area contributed by atoms with Crippen LogP contribution in [0, 0.1) is 5.92 Å². The van der Waals surface area contributed by atoms with Crippen LogP contribution in [0.2, 0.25) is 0 Å². The fourth-order valence-corrected chi connectivity index (χ4v) is 2.24. The van der Waals surface area contributed by atoms with E-state index in [2.05, 4.69) is 10.1 Å². The summed E-state index contributed by atoms with van der Waals surface area (Å²) in [6.45, 7) is 0.586. The van der Waals surface area contributed by atoms with Crippen LogP contribution in [0.3, 0.4) is 0 Å². The molecule has 0 unspecified atom stereocenters. The number of aromatic nitrogens is 2. The fraction of sp³-hybridized carbons (Fsp3) is 0.818. The minimum Gasteiger partial charge on any atom is -0.339 e. The van der Waals surface area contributed by atoms with Gasteiger partial charge in [-0.15, -0.1) is 0 Å². The summed E-state index contributed by atoms with van der Waals surface area (Å²) in [5.41, 5.74) is 5.43. The van der Waals surface area contributed by atoms with Crippen LogP contribution >= 0.6 is 0 Å². The number of hydrogen-bond acceptors (Lipinski definition) is 4. The van der Waals surface area contributed by atoms with Gasteiger partial charge in [0.05, 0.1) is 0 Å². The molecule has 2 rings (SSSR count). The van der Waals surface area contributed by atoms with Gasteiger partial charge >= 0.3 is 0 Å². The second-order valence-electron chi connectivity index (χ2n) is 4.35. The predicted molar refractivity (Wildman–Crippen MR) is 57.3 cm³/mol. The van der Waals surface area contributed by atoms with Gasteiger partial charge in [-0.05, 0) is 25.3 Å². The predicted octanol–water partition coefficient (Wildman–Crippen LogP) is 1.69. The van der Waals surface area contributed by atoms with E-state index in [9.17, 15) is 0 Å². The average molecular weight is 209 g/mol. The molecule has 0 radical (unpaired) electrons. The zero-order chi connectivity index (χ0) is 10.5. The van der Waals surface area contributed by atoms with E-state index in [1.165, 1.54) is 32.1 Å². The number of nitrogens with two attached hydrogens (primary N) is 1. The Hall–Kier alpha value is -0.900. The van der Waals surface area contributed by atoms with Gasteiger partial charge < -0.3 is 10.3 Å². The van der Waals surface area contributed by atoms with Crippen molar-refractivity contribution in [2.75, 3.05) is 6.54 Å². The monoisotopic (exact) mass is 209 g/mol. The van der Waals surface area contributed by atoms with Gasteiger partial charge in [-0.1, -0.05) is 24.4 Å². The van der Waals surface area contributed by atoms with Crippen molar-refractivity contribution in [3.63, 3.8) is 0 Å². The van der Waals surface area contributed by atoms with Gasteiger partial charge in [-0.25, -0.2) is 0 Å². The maximum Gasteiger partial charge on any atom is 0.226 e. The van der Waals surface area contributed by atoms with Crippen LogP contribution in [0.5, 0.6) is 0 Å². The molecule has 2 N–H and O–H groups in total. The Bertz CT molecular complexity index is 292. The molecular formula is C11H19N3O. The summed E-state index contributed by atoms with van der Waals surface area (Å²) in [5, 5.41) is 3.91. The maximum absolute atomic E-state index is 5.43. The minimum atomic E-state index is 0.586. The highest BCUT2D eigenvalue weighted by Crippen LogP contribution is 2.26. The van der Waals surface area contributed by atoms with E-state index in [1.54, 1.807) is 0 Å². The van der Waals surface area contributed by atoms with E-state index in [1.807, 2.05) is 0 Å². The van der Waals surface area contributed by atoms with Crippen molar-refractivity contribution in [1.29, 1.82) is 0 Å². The van der Waals surface area contributed by atoms with Crippen LogP contribution in [0.15, 0.2) is 4.52 Å². The van der Waals surface area contributed by atoms with Crippen LogP contribution in [-0.2, 0) is 12.8 Å². The second kappa shape index (κ2) is 5.26. The standard InChI is InChI=1S/C11H19N3O/c12-7-6-10-13-11(15-14-10)8-9-4-2-1-3-5-9/h9H,1-8,12H2. The molecule has 1 heterocycles. The summed E-state index contributed by atoms with van der Waals surface area (Å²) in [6.07, 6.45) is 8.40. The van der Waals surface area contributed by atoms with E-state index in [-0.39, 0.29) is 0 Å². The Morgan fingerprint density at radius 3 is 2.80 bits per heavy atom. The summed E-state index contributed by atoms with van der Waals surface area (Å²) in [7, 11) is 0. The molecular weight excluding hydrogens is 190 g/mol. The molecule has 0 spiro atoms. The summed E-state index contributed by atoms with van der Waals surface area (Å²) in [6, 6.07) is 0. The zero-order valence-electron chi connectivity index (χ0n) is 9.11. The summed E-state index contributed by atoms with van der Waals surface area (Å²) in [5.74, 6) is 2.30. The smallest absolute Gasteiger partial charge is 0.226 e. The molecule has 0 aromatic carbocycles. The van der Waals surface area contributed by atoms with Crippen molar-refractivity contribution >= 4 is 0 Å². The summed E-state index contributed by atoms with van der Waals surface area (Å²) in [4.78, 5) is 4.34. The molecule has 84 valence electrons. The lowest BCUT2D eigenvalue weighted by atomic mass is 9.87. The molecule has 1 aliphatic rings. The molecule has 0 bridgehead atoms. The topological polar surface area (TPSA) is 64.9 Å². The van der Waals surface area contributed by atoms with E-state index in [0.717, 1.165) is 24.1 Å². The Morgan fingerprint density at radius 1 is 1.27 bits per heavy atom. The van der Waals surface area contributed by atoms with Crippen molar-refractivity contribution in [2.24, 2.45) is 11.7 Å². The van der Waals surface area contributed by atoms with Gasteiger partial charge in [0, 0.05) is 12.8 Å². The number of hydrogen-bond donors (Lipinski definition) is 1. The highest BCUT2D eigenvalue weighted by atomic mass is 16.5. The maximum atomic E-state index is 5.43. The van der Waals surface area contributed by atoms with Crippen LogP contribution in [0.25, 0.3) is 0 Å². The van der Waals surface area contributed by atoms with Crippen molar-refractivity contribution in [1.82, 2.24) is 10.1 Å². The second-order valence-corrected chi connectivity index (χ2v) is 4.35. The third-order valence-electron chi connectivity index (χ3n) is 3.07. The first kappa shape index (κ1) is 10.6. The van der Waals surface area contributed by atoms with Crippen LogP contribution in [-0.4, -0.2) is 16.7 Å². The quantitative estimate of drug-likeness (QED) is 0.819. The highest BCUT2D eigenvalue weighted by Gasteiger charge is 2.17. The SMILES string of the molecule is NCCc1noc(CC2CCCCC2)n1. The lowest BCUT2D eigenvalue weighted by Gasteiger charge is -2.19. The molecule has 4 heteroatoms. The summed E-state index contributed by atoms with van der Waals surface area (Å²) >= 11 is 0. The van der Waals surface area contributed by atoms with E-state index >= 15 is 0 Å². The highest BCUT2D eigenvalue weighted by molar-refractivity contribution is 4.89. The molecule has 1 aromatic heterocycles. The van der Waals surface area contributed by atoms with Gasteiger partial charge in [-0.2, -0.15) is 4.98 Å².